The predicted octanol–water partition coefficient (Wildman–Crippen LogP) is 6.01. The summed E-state index contributed by atoms with van der Waals surface area (Å²) < 4.78 is 0. The first-order valence-corrected chi connectivity index (χ1v) is 11.3. The van der Waals surface area contributed by atoms with Crippen LogP contribution in [0.3, 0.4) is 0 Å². The Bertz CT molecular complexity index is 367. The third kappa shape index (κ3) is 11.0. The molecule has 0 aromatic heterocycles. The van der Waals surface area contributed by atoms with E-state index in [4.69, 9.17) is 0 Å². The number of carbonyl (C=O) groups is 1. The quantitative estimate of drug-likeness (QED) is 0.269. The van der Waals surface area contributed by atoms with Gasteiger partial charge in [0.1, 0.15) is 0 Å². The van der Waals surface area contributed by atoms with Crippen molar-refractivity contribution in [2.75, 3.05) is 13.2 Å². The van der Waals surface area contributed by atoms with Gasteiger partial charge >= 0.3 is 0 Å². The lowest BCUT2D eigenvalue weighted by atomic mass is 10.1. The molecule has 1 heterocycles. The number of carbonyl (C=O) groups excluding carboxylic acids is 1. The zero-order chi connectivity index (χ0) is 18.9. The predicted molar refractivity (Wildman–Crippen MR) is 111 cm³/mol. The van der Waals surface area contributed by atoms with Crippen molar-refractivity contribution in [2.24, 2.45) is 0 Å². The Kier molecular flexibility index (Phi) is 14.6. The van der Waals surface area contributed by atoms with Crippen LogP contribution in [0.15, 0.2) is 12.2 Å². The summed E-state index contributed by atoms with van der Waals surface area (Å²) in [5, 5.41) is 9.29. The number of amides is 1. The number of rotatable bonds is 16. The molecule has 0 spiro atoms. The average molecular weight is 366 g/mol. The number of nitrogens with zero attached hydrogens (tertiary/aromatic N) is 1. The van der Waals surface area contributed by atoms with Gasteiger partial charge in [0.25, 0.3) is 0 Å². The van der Waals surface area contributed by atoms with Crippen molar-refractivity contribution in [1.82, 2.24) is 4.90 Å². The van der Waals surface area contributed by atoms with Crippen LogP contribution < -0.4 is 0 Å². The molecule has 0 saturated carbocycles. The standard InChI is InChI=1S/C23H43NO2/c1-2-3-4-5-6-7-8-9-10-11-12-13-14-15-16-19-23(26)24-20-17-18-22(24)21-25/h9-10,22,25H,2-8,11-21H2,1H3/t22-/m0/s1. The van der Waals surface area contributed by atoms with Crippen LogP contribution >= 0.6 is 0 Å². The van der Waals surface area contributed by atoms with Gasteiger partial charge in [0, 0.05) is 13.0 Å². The highest BCUT2D eigenvalue weighted by molar-refractivity contribution is 5.76. The minimum Gasteiger partial charge on any atom is -0.394 e. The van der Waals surface area contributed by atoms with Gasteiger partial charge in [-0.05, 0) is 44.9 Å². The summed E-state index contributed by atoms with van der Waals surface area (Å²) in [5.74, 6) is 0.249. The Morgan fingerprint density at radius 1 is 0.923 bits per heavy atom. The van der Waals surface area contributed by atoms with Crippen molar-refractivity contribution < 1.29 is 9.90 Å². The first-order chi connectivity index (χ1) is 12.8. The lowest BCUT2D eigenvalue weighted by Crippen LogP contribution is -2.37. The highest BCUT2D eigenvalue weighted by Crippen LogP contribution is 2.19. The second kappa shape index (κ2) is 16.4. The van der Waals surface area contributed by atoms with Gasteiger partial charge < -0.3 is 10.0 Å². The summed E-state index contributed by atoms with van der Waals surface area (Å²) in [7, 11) is 0. The molecule has 0 bridgehead atoms. The first kappa shape index (κ1) is 23.2. The fourth-order valence-electron chi connectivity index (χ4n) is 3.84. The van der Waals surface area contributed by atoms with Crippen LogP contribution in [0.4, 0.5) is 0 Å². The van der Waals surface area contributed by atoms with E-state index in [1.807, 2.05) is 4.90 Å². The van der Waals surface area contributed by atoms with E-state index in [1.54, 1.807) is 0 Å². The Labute approximate surface area is 162 Å². The molecule has 0 aliphatic carbocycles. The Morgan fingerprint density at radius 2 is 1.50 bits per heavy atom. The molecule has 3 nitrogen and oxygen atoms in total. The molecular formula is C23H43NO2. The summed E-state index contributed by atoms with van der Waals surface area (Å²) in [4.78, 5) is 14.1. The molecule has 3 heteroatoms. The second-order valence-corrected chi connectivity index (χ2v) is 7.90. The molecule has 1 saturated heterocycles. The van der Waals surface area contributed by atoms with E-state index in [0.717, 1.165) is 32.2 Å². The molecule has 0 aromatic carbocycles. The Morgan fingerprint density at radius 3 is 2.12 bits per heavy atom. The number of hydrogen-bond acceptors (Lipinski definition) is 2. The van der Waals surface area contributed by atoms with Crippen molar-refractivity contribution in [3.05, 3.63) is 12.2 Å². The highest BCUT2D eigenvalue weighted by atomic mass is 16.3. The SMILES string of the molecule is CCCCCCCCC=CCCCCCCCC(=O)N1CCC[C@H]1CO. The molecule has 152 valence electrons. The van der Waals surface area contributed by atoms with Crippen LogP contribution in [0, 0.1) is 0 Å². The topological polar surface area (TPSA) is 40.5 Å². The van der Waals surface area contributed by atoms with Crippen LogP contribution in [0.2, 0.25) is 0 Å². The summed E-state index contributed by atoms with van der Waals surface area (Å²) in [6.07, 6.45) is 24.1. The maximum absolute atomic E-state index is 12.2. The molecule has 0 radical (unpaired) electrons. The van der Waals surface area contributed by atoms with E-state index in [2.05, 4.69) is 19.1 Å². The lowest BCUT2D eigenvalue weighted by Gasteiger charge is -2.22. The molecule has 0 aromatic rings. The van der Waals surface area contributed by atoms with Gasteiger partial charge in [0.2, 0.25) is 5.91 Å². The summed E-state index contributed by atoms with van der Waals surface area (Å²) in [6.45, 7) is 3.23. The van der Waals surface area contributed by atoms with Crippen LogP contribution in [0.5, 0.6) is 0 Å². The lowest BCUT2D eigenvalue weighted by molar-refractivity contribution is -0.132. The minimum atomic E-state index is 0.0885. The number of unbranched alkanes of at least 4 members (excludes halogenated alkanes) is 11. The molecular weight excluding hydrogens is 322 g/mol. The van der Waals surface area contributed by atoms with Gasteiger partial charge in [-0.3, -0.25) is 4.79 Å². The number of hydrogen-bond donors (Lipinski definition) is 1. The first-order valence-electron chi connectivity index (χ1n) is 11.3. The molecule has 1 atom stereocenters. The second-order valence-electron chi connectivity index (χ2n) is 7.90. The smallest absolute Gasteiger partial charge is 0.222 e. The van der Waals surface area contributed by atoms with Crippen LogP contribution in [0.25, 0.3) is 0 Å². The monoisotopic (exact) mass is 365 g/mol. The van der Waals surface area contributed by atoms with Gasteiger partial charge in [-0.1, -0.05) is 70.4 Å². The van der Waals surface area contributed by atoms with E-state index in [-0.39, 0.29) is 18.6 Å². The number of aliphatic hydroxyl groups excluding tert-OH is 1. The largest absolute Gasteiger partial charge is 0.394 e. The highest BCUT2D eigenvalue weighted by Gasteiger charge is 2.27. The van der Waals surface area contributed by atoms with E-state index < -0.39 is 0 Å². The zero-order valence-electron chi connectivity index (χ0n) is 17.3. The average Bonchev–Trinajstić information content (AvgIpc) is 3.13. The molecule has 26 heavy (non-hydrogen) atoms. The molecule has 1 N–H and O–H groups in total. The van der Waals surface area contributed by atoms with Crippen molar-refractivity contribution in [3.63, 3.8) is 0 Å². The molecule has 1 aliphatic heterocycles. The summed E-state index contributed by atoms with van der Waals surface area (Å²) >= 11 is 0. The zero-order valence-corrected chi connectivity index (χ0v) is 17.3. The number of allylic oxidation sites excluding steroid dienone is 2. The Hall–Kier alpha value is -0.830. The fourth-order valence-corrected chi connectivity index (χ4v) is 3.84. The van der Waals surface area contributed by atoms with E-state index in [0.29, 0.717) is 6.42 Å². The van der Waals surface area contributed by atoms with E-state index >= 15 is 0 Å². The fraction of sp³-hybridized carbons (Fsp3) is 0.870. The van der Waals surface area contributed by atoms with Gasteiger partial charge in [0.05, 0.1) is 12.6 Å². The minimum absolute atomic E-state index is 0.0885. The van der Waals surface area contributed by atoms with Gasteiger partial charge in [0.15, 0.2) is 0 Å². The Balaban J connectivity index is 1.84. The molecule has 1 fully saturated rings. The van der Waals surface area contributed by atoms with Gasteiger partial charge in [-0.15, -0.1) is 0 Å². The van der Waals surface area contributed by atoms with Crippen molar-refractivity contribution >= 4 is 5.91 Å². The van der Waals surface area contributed by atoms with Gasteiger partial charge in [-0.25, -0.2) is 0 Å². The van der Waals surface area contributed by atoms with Crippen molar-refractivity contribution in [2.45, 2.75) is 116 Å². The van der Waals surface area contributed by atoms with E-state index in [1.165, 1.54) is 70.6 Å². The molecule has 1 rings (SSSR count). The maximum atomic E-state index is 12.2. The number of aliphatic hydroxyl groups is 1. The molecule has 0 unspecified atom stereocenters. The maximum Gasteiger partial charge on any atom is 0.222 e. The van der Waals surface area contributed by atoms with Crippen molar-refractivity contribution in [1.29, 1.82) is 0 Å². The van der Waals surface area contributed by atoms with Crippen LogP contribution in [-0.4, -0.2) is 35.1 Å². The normalized spacial score (nSPS) is 17.5. The number of likely N-dealkylation sites (tertiary alicyclic amines) is 1. The van der Waals surface area contributed by atoms with Gasteiger partial charge in [-0.2, -0.15) is 0 Å². The summed E-state index contributed by atoms with van der Waals surface area (Å²) in [5.41, 5.74) is 0. The van der Waals surface area contributed by atoms with E-state index in [9.17, 15) is 9.90 Å². The van der Waals surface area contributed by atoms with Crippen LogP contribution in [0.1, 0.15) is 110 Å². The molecule has 1 aliphatic rings. The third-order valence-corrected chi connectivity index (χ3v) is 5.56. The third-order valence-electron chi connectivity index (χ3n) is 5.56. The van der Waals surface area contributed by atoms with Crippen LogP contribution in [-0.2, 0) is 4.79 Å². The molecule has 1 amide bonds. The van der Waals surface area contributed by atoms with Crippen molar-refractivity contribution in [3.8, 4) is 0 Å². The summed E-state index contributed by atoms with van der Waals surface area (Å²) in [6, 6.07) is 0.0885.